The number of nitrogens with one attached hydrogen (secondary N) is 1. The summed E-state index contributed by atoms with van der Waals surface area (Å²) in [6.45, 7) is 4.66. The molecule has 0 radical (unpaired) electrons. The highest BCUT2D eigenvalue weighted by Gasteiger charge is 2.42. The second-order valence-corrected chi connectivity index (χ2v) is 8.30. The van der Waals surface area contributed by atoms with Gasteiger partial charge in [-0.1, -0.05) is 6.42 Å². The minimum atomic E-state index is -4.39. The van der Waals surface area contributed by atoms with Gasteiger partial charge in [-0.3, -0.25) is 9.69 Å². The van der Waals surface area contributed by atoms with Crippen LogP contribution in [0.1, 0.15) is 32.6 Å². The highest BCUT2D eigenvalue weighted by Crippen LogP contribution is 2.46. The molecule has 3 rings (SSSR count). The number of likely N-dealkylation sites (N-methyl/N-ethyl adjacent to an activating group) is 1. The molecule has 2 saturated carbocycles. The van der Waals surface area contributed by atoms with Gasteiger partial charge in [0.05, 0.1) is 0 Å². The summed E-state index contributed by atoms with van der Waals surface area (Å²) < 4.78 is 37.3. The van der Waals surface area contributed by atoms with Crippen LogP contribution in [-0.2, 0) is 4.79 Å². The van der Waals surface area contributed by atoms with Gasteiger partial charge in [-0.25, -0.2) is 4.99 Å². The molecule has 3 aliphatic rings. The Balaban J connectivity index is 1.51. The maximum atomic E-state index is 12.4. The maximum absolute atomic E-state index is 12.4. The molecule has 1 N–H and O–H groups in total. The van der Waals surface area contributed by atoms with Gasteiger partial charge in [-0.15, -0.1) is 0 Å². The number of guanidine groups is 1. The van der Waals surface area contributed by atoms with Crippen molar-refractivity contribution in [2.24, 2.45) is 16.8 Å². The number of carbonyl (C=O) groups excluding carboxylic acids is 1. The molecule has 0 spiro atoms. The Hall–Kier alpha value is -1.51. The van der Waals surface area contributed by atoms with Crippen LogP contribution in [0.3, 0.4) is 0 Å². The fourth-order valence-corrected chi connectivity index (χ4v) is 4.97. The number of aliphatic imine (C=N–C) groups is 1. The van der Waals surface area contributed by atoms with E-state index in [1.165, 1.54) is 25.7 Å². The molecule has 2 aliphatic carbocycles. The minimum absolute atomic E-state index is 0.276. The van der Waals surface area contributed by atoms with Gasteiger partial charge in [-0.2, -0.15) is 13.2 Å². The summed E-state index contributed by atoms with van der Waals surface area (Å²) >= 11 is 0. The first-order chi connectivity index (χ1) is 13.3. The zero-order valence-electron chi connectivity index (χ0n) is 16.8. The van der Waals surface area contributed by atoms with Crippen LogP contribution in [0.2, 0.25) is 0 Å². The van der Waals surface area contributed by atoms with Crippen LogP contribution in [0.25, 0.3) is 0 Å². The van der Waals surface area contributed by atoms with E-state index < -0.39 is 18.6 Å². The summed E-state index contributed by atoms with van der Waals surface area (Å²) in [5, 5.41) is 3.17. The van der Waals surface area contributed by atoms with Crippen molar-refractivity contribution in [3.63, 3.8) is 0 Å². The third-order valence-corrected chi connectivity index (χ3v) is 6.32. The van der Waals surface area contributed by atoms with Crippen LogP contribution >= 0.6 is 0 Å². The minimum Gasteiger partial charge on any atom is -0.357 e. The second-order valence-electron chi connectivity index (χ2n) is 8.30. The lowest BCUT2D eigenvalue weighted by Gasteiger charge is -2.42. The zero-order valence-corrected chi connectivity index (χ0v) is 16.8. The number of hydrogen-bond donors (Lipinski definition) is 1. The van der Waals surface area contributed by atoms with Crippen LogP contribution in [0.4, 0.5) is 13.2 Å². The zero-order chi connectivity index (χ0) is 20.3. The molecule has 28 heavy (non-hydrogen) atoms. The van der Waals surface area contributed by atoms with Crippen LogP contribution in [0.5, 0.6) is 0 Å². The van der Waals surface area contributed by atoms with Crippen LogP contribution in [-0.4, -0.2) is 91.6 Å². The summed E-state index contributed by atoms with van der Waals surface area (Å²) in [6, 6.07) is 0.720. The van der Waals surface area contributed by atoms with Crippen LogP contribution in [0.15, 0.2) is 4.99 Å². The van der Waals surface area contributed by atoms with Crippen LogP contribution in [0, 0.1) is 11.8 Å². The van der Waals surface area contributed by atoms with Gasteiger partial charge in [0.2, 0.25) is 5.91 Å². The van der Waals surface area contributed by atoms with E-state index in [9.17, 15) is 18.0 Å². The topological polar surface area (TPSA) is 51.2 Å². The number of piperazine rings is 1. The van der Waals surface area contributed by atoms with Gasteiger partial charge < -0.3 is 15.1 Å². The fourth-order valence-electron chi connectivity index (χ4n) is 4.97. The van der Waals surface area contributed by atoms with E-state index in [0.717, 1.165) is 51.1 Å². The number of carbonyl (C=O) groups is 1. The molecule has 160 valence electrons. The first-order valence-electron chi connectivity index (χ1n) is 10.3. The molecule has 0 aromatic rings. The normalized spacial score (nSPS) is 28.7. The number of amides is 1. The summed E-state index contributed by atoms with van der Waals surface area (Å²) in [7, 11) is 1.16. The third kappa shape index (κ3) is 5.30. The van der Waals surface area contributed by atoms with Crippen molar-refractivity contribution in [3.05, 3.63) is 0 Å². The van der Waals surface area contributed by atoms with Crippen LogP contribution < -0.4 is 5.32 Å². The van der Waals surface area contributed by atoms with Crippen molar-refractivity contribution >= 4 is 11.9 Å². The number of hydrogen-bond acceptors (Lipinski definition) is 3. The van der Waals surface area contributed by atoms with Gasteiger partial charge in [0, 0.05) is 45.8 Å². The molecule has 6 nitrogen and oxygen atoms in total. The summed E-state index contributed by atoms with van der Waals surface area (Å²) in [5.41, 5.74) is 0. The quantitative estimate of drug-likeness (QED) is 0.562. The van der Waals surface area contributed by atoms with Gasteiger partial charge in [-0.05, 0) is 38.0 Å². The predicted octanol–water partition coefficient (Wildman–Crippen LogP) is 1.78. The Kier molecular flexibility index (Phi) is 6.73. The molecule has 1 amide bonds. The van der Waals surface area contributed by atoms with E-state index in [0.29, 0.717) is 17.4 Å². The molecule has 1 heterocycles. The van der Waals surface area contributed by atoms with E-state index in [-0.39, 0.29) is 6.54 Å². The molecule has 3 unspecified atom stereocenters. The van der Waals surface area contributed by atoms with Crippen molar-refractivity contribution in [1.29, 1.82) is 0 Å². The van der Waals surface area contributed by atoms with Crippen molar-refractivity contribution in [2.45, 2.75) is 44.8 Å². The maximum Gasteiger partial charge on any atom is 0.406 e. The van der Waals surface area contributed by atoms with E-state index in [2.05, 4.69) is 20.1 Å². The largest absolute Gasteiger partial charge is 0.406 e. The molecule has 0 aromatic heterocycles. The average molecular weight is 403 g/mol. The molecule has 1 saturated heterocycles. The molecule has 0 aromatic carbocycles. The SMILES string of the molecule is CCNC(=NCC(=O)N(C)CC(F)(F)F)N1CCN(C2CC3CCC2C3)CC1. The summed E-state index contributed by atoms with van der Waals surface area (Å²) in [6.07, 6.45) is 1.10. The van der Waals surface area contributed by atoms with Gasteiger partial charge >= 0.3 is 6.18 Å². The molecular weight excluding hydrogens is 371 g/mol. The summed E-state index contributed by atoms with van der Waals surface area (Å²) in [4.78, 5) is 21.7. The highest BCUT2D eigenvalue weighted by atomic mass is 19.4. The number of rotatable bonds is 5. The monoisotopic (exact) mass is 403 g/mol. The number of halogens is 3. The Labute approximate surface area is 165 Å². The summed E-state index contributed by atoms with van der Waals surface area (Å²) in [5.74, 6) is 1.77. The lowest BCUT2D eigenvalue weighted by Crippen LogP contribution is -2.55. The van der Waals surface area contributed by atoms with E-state index in [1.54, 1.807) is 0 Å². The van der Waals surface area contributed by atoms with E-state index in [1.807, 2.05) is 6.92 Å². The molecule has 9 heteroatoms. The Bertz CT molecular complexity index is 574. The van der Waals surface area contributed by atoms with E-state index >= 15 is 0 Å². The van der Waals surface area contributed by atoms with Crippen molar-refractivity contribution in [2.75, 3.05) is 52.9 Å². The second kappa shape index (κ2) is 8.88. The Morgan fingerprint density at radius 2 is 1.89 bits per heavy atom. The number of alkyl halides is 3. The first-order valence-corrected chi connectivity index (χ1v) is 10.3. The number of nitrogens with zero attached hydrogens (tertiary/aromatic N) is 4. The Morgan fingerprint density at radius 3 is 2.43 bits per heavy atom. The van der Waals surface area contributed by atoms with Gasteiger partial charge in [0.1, 0.15) is 13.1 Å². The molecular formula is C19H32F3N5O. The van der Waals surface area contributed by atoms with E-state index in [4.69, 9.17) is 0 Å². The van der Waals surface area contributed by atoms with Crippen molar-refractivity contribution < 1.29 is 18.0 Å². The van der Waals surface area contributed by atoms with Gasteiger partial charge in [0.15, 0.2) is 5.96 Å². The third-order valence-electron chi connectivity index (χ3n) is 6.32. The standard InChI is InChI=1S/C19H32F3N5O/c1-3-23-18(24-12-17(28)25(2)13-19(20,21)22)27-8-6-26(7-9-27)16-11-14-4-5-15(16)10-14/h14-16H,3-13H2,1-2H3,(H,23,24). The van der Waals surface area contributed by atoms with Crippen molar-refractivity contribution in [1.82, 2.24) is 20.0 Å². The first kappa shape index (κ1) is 21.2. The highest BCUT2D eigenvalue weighted by molar-refractivity contribution is 5.85. The predicted molar refractivity (Wildman–Crippen MR) is 102 cm³/mol. The number of fused-ring (bicyclic) bond motifs is 2. The van der Waals surface area contributed by atoms with Gasteiger partial charge in [0.25, 0.3) is 0 Å². The lowest BCUT2D eigenvalue weighted by atomic mass is 9.93. The molecule has 3 atom stereocenters. The Morgan fingerprint density at radius 1 is 1.18 bits per heavy atom. The molecule has 1 aliphatic heterocycles. The molecule has 2 bridgehead atoms. The smallest absolute Gasteiger partial charge is 0.357 e. The van der Waals surface area contributed by atoms with Crippen molar-refractivity contribution in [3.8, 4) is 0 Å². The average Bonchev–Trinajstić information content (AvgIpc) is 3.27. The molecule has 3 fully saturated rings. The lowest BCUT2D eigenvalue weighted by molar-refractivity contribution is -0.157. The fraction of sp³-hybridized carbons (Fsp3) is 0.895.